The largest absolute Gasteiger partial charge is 0.351 e. The van der Waals surface area contributed by atoms with Crippen molar-refractivity contribution in [3.05, 3.63) is 65.6 Å². The lowest BCUT2D eigenvalue weighted by atomic mass is 10.2. The summed E-state index contributed by atoms with van der Waals surface area (Å²) in [5.74, 6) is -0.667. The van der Waals surface area contributed by atoms with E-state index < -0.39 is 0 Å². The Labute approximate surface area is 115 Å². The molecule has 1 amide bonds. The predicted octanol–water partition coefficient (Wildman–Crippen LogP) is 3.87. The molecule has 4 heteroatoms. The van der Waals surface area contributed by atoms with E-state index in [4.69, 9.17) is 0 Å². The van der Waals surface area contributed by atoms with Gasteiger partial charge >= 0.3 is 0 Å². The van der Waals surface area contributed by atoms with Gasteiger partial charge in [0.1, 0.15) is 11.5 Å². The number of hydrogen-bond acceptors (Lipinski definition) is 1. The maximum Gasteiger partial charge on any atom is 0.272 e. The van der Waals surface area contributed by atoms with Gasteiger partial charge in [0.2, 0.25) is 0 Å². The van der Waals surface area contributed by atoms with Crippen LogP contribution in [0.15, 0.2) is 48.5 Å². The van der Waals surface area contributed by atoms with Gasteiger partial charge in [0, 0.05) is 16.6 Å². The molecular formula is C16H13FN2O. The van der Waals surface area contributed by atoms with E-state index in [0.717, 1.165) is 16.5 Å². The van der Waals surface area contributed by atoms with Crippen LogP contribution in [0.1, 0.15) is 16.1 Å². The smallest absolute Gasteiger partial charge is 0.272 e. The van der Waals surface area contributed by atoms with E-state index in [1.54, 1.807) is 18.2 Å². The molecule has 0 spiro atoms. The number of amides is 1. The molecule has 3 aromatic rings. The van der Waals surface area contributed by atoms with E-state index in [1.807, 2.05) is 25.1 Å². The number of benzene rings is 2. The molecule has 0 aliphatic rings. The number of nitrogens with one attached hydrogen (secondary N) is 2. The molecule has 100 valence electrons. The highest BCUT2D eigenvalue weighted by Crippen LogP contribution is 2.18. The van der Waals surface area contributed by atoms with E-state index in [1.165, 1.54) is 12.1 Å². The minimum Gasteiger partial charge on any atom is -0.351 e. The van der Waals surface area contributed by atoms with Crippen molar-refractivity contribution < 1.29 is 9.18 Å². The third kappa shape index (κ3) is 2.40. The van der Waals surface area contributed by atoms with Gasteiger partial charge in [-0.1, -0.05) is 17.7 Å². The molecule has 0 atom stereocenters. The Morgan fingerprint density at radius 3 is 2.80 bits per heavy atom. The Hall–Kier alpha value is -2.62. The molecule has 20 heavy (non-hydrogen) atoms. The predicted molar refractivity (Wildman–Crippen MR) is 77.4 cm³/mol. The summed E-state index contributed by atoms with van der Waals surface area (Å²) in [5, 5.41) is 3.65. The molecule has 2 aromatic carbocycles. The highest BCUT2D eigenvalue weighted by atomic mass is 19.1. The number of anilines is 1. The van der Waals surface area contributed by atoms with Crippen LogP contribution >= 0.6 is 0 Å². The maximum atomic E-state index is 13.1. The summed E-state index contributed by atoms with van der Waals surface area (Å²) in [6.45, 7) is 2.00. The standard InChI is InChI=1S/C16H13FN2O/c1-10-5-6-14-11(7-10)8-15(19-14)16(20)18-13-4-2-3-12(17)9-13/h2-9,19H,1H3,(H,18,20). The number of carbonyl (C=O) groups is 1. The molecule has 1 aromatic heterocycles. The number of rotatable bonds is 2. The topological polar surface area (TPSA) is 44.9 Å². The first kappa shape index (κ1) is 12.4. The van der Waals surface area contributed by atoms with E-state index >= 15 is 0 Å². The summed E-state index contributed by atoms with van der Waals surface area (Å²) in [5.41, 5.74) is 2.92. The molecule has 0 fully saturated rings. The number of aromatic amines is 1. The van der Waals surface area contributed by atoms with Gasteiger partial charge in [-0.25, -0.2) is 4.39 Å². The molecule has 1 heterocycles. The Morgan fingerprint density at radius 1 is 1.15 bits per heavy atom. The highest BCUT2D eigenvalue weighted by Gasteiger charge is 2.10. The van der Waals surface area contributed by atoms with Crippen LogP contribution in [-0.2, 0) is 0 Å². The van der Waals surface area contributed by atoms with Gasteiger partial charge in [0.15, 0.2) is 0 Å². The van der Waals surface area contributed by atoms with Crippen molar-refractivity contribution in [3.63, 3.8) is 0 Å². The van der Waals surface area contributed by atoms with Gasteiger partial charge < -0.3 is 10.3 Å². The number of fused-ring (bicyclic) bond motifs is 1. The second-order valence-electron chi connectivity index (χ2n) is 4.74. The lowest BCUT2D eigenvalue weighted by Gasteiger charge is -2.03. The van der Waals surface area contributed by atoms with Gasteiger partial charge in [-0.2, -0.15) is 0 Å². The lowest BCUT2D eigenvalue weighted by molar-refractivity contribution is 0.102. The van der Waals surface area contributed by atoms with Gasteiger partial charge in [0.25, 0.3) is 5.91 Å². The fourth-order valence-electron chi connectivity index (χ4n) is 2.14. The molecule has 0 radical (unpaired) electrons. The van der Waals surface area contributed by atoms with E-state index in [-0.39, 0.29) is 11.7 Å². The number of aromatic nitrogens is 1. The Balaban J connectivity index is 1.88. The van der Waals surface area contributed by atoms with Crippen molar-refractivity contribution in [3.8, 4) is 0 Å². The molecule has 0 saturated heterocycles. The normalized spacial score (nSPS) is 10.7. The van der Waals surface area contributed by atoms with E-state index in [2.05, 4.69) is 10.3 Å². The van der Waals surface area contributed by atoms with E-state index in [0.29, 0.717) is 11.4 Å². The Kier molecular flexibility index (Phi) is 2.99. The zero-order chi connectivity index (χ0) is 14.1. The van der Waals surface area contributed by atoms with Crippen LogP contribution in [0.25, 0.3) is 10.9 Å². The summed E-state index contributed by atoms with van der Waals surface area (Å²) in [4.78, 5) is 15.2. The van der Waals surface area contributed by atoms with Crippen molar-refractivity contribution >= 4 is 22.5 Å². The van der Waals surface area contributed by atoms with Gasteiger partial charge in [-0.15, -0.1) is 0 Å². The molecule has 0 aliphatic carbocycles. The van der Waals surface area contributed by atoms with Gasteiger partial charge in [-0.3, -0.25) is 4.79 Å². The molecule has 0 bridgehead atoms. The zero-order valence-electron chi connectivity index (χ0n) is 10.9. The van der Waals surface area contributed by atoms with Crippen LogP contribution < -0.4 is 5.32 Å². The van der Waals surface area contributed by atoms with Crippen LogP contribution in [0.4, 0.5) is 10.1 Å². The summed E-state index contributed by atoms with van der Waals surface area (Å²) in [7, 11) is 0. The first-order valence-corrected chi connectivity index (χ1v) is 6.28. The summed E-state index contributed by atoms with van der Waals surface area (Å²) < 4.78 is 13.1. The maximum absolute atomic E-state index is 13.1. The first-order valence-electron chi connectivity index (χ1n) is 6.28. The van der Waals surface area contributed by atoms with E-state index in [9.17, 15) is 9.18 Å². The monoisotopic (exact) mass is 268 g/mol. The Bertz CT molecular complexity index is 792. The molecule has 0 saturated carbocycles. The van der Waals surface area contributed by atoms with Crippen molar-refractivity contribution in [1.29, 1.82) is 0 Å². The number of H-pyrrole nitrogens is 1. The molecule has 3 nitrogen and oxygen atoms in total. The molecular weight excluding hydrogens is 255 g/mol. The molecule has 2 N–H and O–H groups in total. The summed E-state index contributed by atoms with van der Waals surface area (Å²) >= 11 is 0. The number of aryl methyl sites for hydroxylation is 1. The van der Waals surface area contributed by atoms with Crippen molar-refractivity contribution in [2.75, 3.05) is 5.32 Å². The lowest BCUT2D eigenvalue weighted by Crippen LogP contribution is -2.12. The second kappa shape index (κ2) is 4.81. The van der Waals surface area contributed by atoms with Crippen LogP contribution in [0, 0.1) is 12.7 Å². The molecule has 0 unspecified atom stereocenters. The van der Waals surface area contributed by atoms with Crippen molar-refractivity contribution in [2.45, 2.75) is 6.92 Å². The summed E-state index contributed by atoms with van der Waals surface area (Å²) in [6, 6.07) is 13.5. The van der Waals surface area contributed by atoms with Gasteiger partial charge in [0.05, 0.1) is 0 Å². The fraction of sp³-hybridized carbons (Fsp3) is 0.0625. The number of carbonyl (C=O) groups excluding carboxylic acids is 1. The molecule has 3 rings (SSSR count). The Morgan fingerprint density at radius 2 is 2.00 bits per heavy atom. The third-order valence-corrected chi connectivity index (χ3v) is 3.10. The average Bonchev–Trinajstić information content (AvgIpc) is 2.81. The highest BCUT2D eigenvalue weighted by molar-refractivity contribution is 6.05. The van der Waals surface area contributed by atoms with Crippen LogP contribution in [-0.4, -0.2) is 10.9 Å². The van der Waals surface area contributed by atoms with Crippen molar-refractivity contribution in [2.24, 2.45) is 0 Å². The average molecular weight is 268 g/mol. The second-order valence-corrected chi connectivity index (χ2v) is 4.74. The number of hydrogen-bond donors (Lipinski definition) is 2. The van der Waals surface area contributed by atoms with Crippen LogP contribution in [0.2, 0.25) is 0 Å². The number of halogens is 1. The fourth-order valence-corrected chi connectivity index (χ4v) is 2.14. The first-order chi connectivity index (χ1) is 9.61. The van der Waals surface area contributed by atoms with Gasteiger partial charge in [-0.05, 0) is 43.3 Å². The SMILES string of the molecule is Cc1ccc2[nH]c(C(=O)Nc3cccc(F)c3)cc2c1. The quantitative estimate of drug-likeness (QED) is 0.728. The third-order valence-electron chi connectivity index (χ3n) is 3.10. The molecule has 0 aliphatic heterocycles. The van der Waals surface area contributed by atoms with Crippen molar-refractivity contribution in [1.82, 2.24) is 4.98 Å². The summed E-state index contributed by atoms with van der Waals surface area (Å²) in [6.07, 6.45) is 0. The van der Waals surface area contributed by atoms with Crippen LogP contribution in [0.3, 0.4) is 0 Å². The minimum atomic E-state index is -0.380. The van der Waals surface area contributed by atoms with Crippen LogP contribution in [0.5, 0.6) is 0 Å². The minimum absolute atomic E-state index is 0.288. The zero-order valence-corrected chi connectivity index (χ0v) is 10.9.